The molecule has 6 rings (SSSR count). The van der Waals surface area contributed by atoms with E-state index >= 15 is 0 Å². The number of aliphatic hydroxyl groups excluding tert-OH is 1. The van der Waals surface area contributed by atoms with Gasteiger partial charge in [-0.15, -0.1) is 0 Å². The largest absolute Gasteiger partial charge is 0.496 e. The maximum atomic E-state index is 13.4. The zero-order valence-corrected chi connectivity index (χ0v) is 37.4. The summed E-state index contributed by atoms with van der Waals surface area (Å²) in [4.78, 5) is 26.7. The SMILES string of the molecule is COc1cc(C)ccc1-c1cc2ccc(OC(C)(C)CC(C)(C)C(O)C(C)(C)CC(C)(C)Oc3ccc4cc(-c5ccc(C)cc5OC)c(=O)sc4c3)cc2sc1=O. The number of methoxy groups -OCH3 is 2. The highest BCUT2D eigenvalue weighted by Gasteiger charge is 2.45. The highest BCUT2D eigenvalue weighted by molar-refractivity contribution is 7.16. The first-order valence-corrected chi connectivity index (χ1v) is 21.3. The minimum atomic E-state index is -0.705. The molecule has 58 heavy (non-hydrogen) atoms. The second kappa shape index (κ2) is 16.2. The third kappa shape index (κ3) is 9.43. The van der Waals surface area contributed by atoms with Gasteiger partial charge in [0.1, 0.15) is 34.2 Å². The summed E-state index contributed by atoms with van der Waals surface area (Å²) < 4.78 is 26.0. The van der Waals surface area contributed by atoms with Gasteiger partial charge in [0.25, 0.3) is 0 Å². The van der Waals surface area contributed by atoms with E-state index in [4.69, 9.17) is 18.9 Å². The van der Waals surface area contributed by atoms with Crippen LogP contribution in [0.2, 0.25) is 0 Å². The number of ether oxygens (including phenoxy) is 4. The van der Waals surface area contributed by atoms with Gasteiger partial charge in [-0.05, 0) is 148 Å². The topological polar surface area (TPSA) is 91.3 Å². The molecule has 0 aliphatic carbocycles. The lowest BCUT2D eigenvalue weighted by Crippen LogP contribution is -2.49. The van der Waals surface area contributed by atoms with E-state index in [2.05, 4.69) is 27.7 Å². The molecular weight excluding hydrogens is 765 g/mol. The Balaban J connectivity index is 1.14. The van der Waals surface area contributed by atoms with Gasteiger partial charge >= 0.3 is 0 Å². The molecule has 1 N–H and O–H groups in total. The van der Waals surface area contributed by atoms with Crippen molar-refractivity contribution in [2.75, 3.05) is 14.2 Å². The van der Waals surface area contributed by atoms with Crippen molar-refractivity contribution in [3.8, 4) is 45.3 Å². The van der Waals surface area contributed by atoms with Crippen molar-refractivity contribution in [1.29, 1.82) is 0 Å². The first-order chi connectivity index (χ1) is 27.1. The van der Waals surface area contributed by atoms with Crippen molar-refractivity contribution in [2.24, 2.45) is 10.8 Å². The molecule has 0 saturated heterocycles. The van der Waals surface area contributed by atoms with Gasteiger partial charge < -0.3 is 24.1 Å². The molecule has 7 nitrogen and oxygen atoms in total. The maximum Gasteiger partial charge on any atom is 0.240 e. The Bertz CT molecular complexity index is 2420. The molecule has 306 valence electrons. The number of benzene rings is 4. The van der Waals surface area contributed by atoms with Gasteiger partial charge in [0.05, 0.1) is 20.3 Å². The summed E-state index contributed by atoms with van der Waals surface area (Å²) in [5.41, 5.74) is 2.54. The van der Waals surface area contributed by atoms with Crippen LogP contribution in [0, 0.1) is 24.7 Å². The van der Waals surface area contributed by atoms with E-state index in [-0.39, 0.29) is 9.48 Å². The van der Waals surface area contributed by atoms with E-state index in [1.165, 1.54) is 22.7 Å². The molecule has 0 atom stereocenters. The Morgan fingerprint density at radius 1 is 0.534 bits per heavy atom. The van der Waals surface area contributed by atoms with Crippen LogP contribution >= 0.6 is 22.7 Å². The second-order valence-corrected chi connectivity index (χ2v) is 20.2. The number of hydrogen-bond acceptors (Lipinski definition) is 9. The van der Waals surface area contributed by atoms with Gasteiger partial charge in [-0.1, -0.05) is 74.6 Å². The fourth-order valence-corrected chi connectivity index (χ4v) is 10.7. The predicted molar refractivity (Wildman–Crippen MR) is 242 cm³/mol. The van der Waals surface area contributed by atoms with E-state index in [9.17, 15) is 14.7 Å². The van der Waals surface area contributed by atoms with Crippen LogP contribution in [-0.4, -0.2) is 36.6 Å². The average Bonchev–Trinajstić information content (AvgIpc) is 3.12. The number of aliphatic hydroxyl groups is 1. The molecule has 0 aliphatic heterocycles. The summed E-state index contributed by atoms with van der Waals surface area (Å²) in [6, 6.07) is 27.3. The van der Waals surface area contributed by atoms with Gasteiger partial charge in [0.15, 0.2) is 0 Å². The molecule has 2 aromatic heterocycles. The Labute approximate surface area is 350 Å². The molecule has 0 fully saturated rings. The van der Waals surface area contributed by atoms with Gasteiger partial charge in [-0.3, -0.25) is 9.59 Å². The summed E-state index contributed by atoms with van der Waals surface area (Å²) >= 11 is 2.39. The first kappa shape index (κ1) is 42.9. The van der Waals surface area contributed by atoms with Crippen LogP contribution in [-0.2, 0) is 0 Å². The monoisotopic (exact) mass is 820 g/mol. The molecule has 6 aromatic rings. The number of rotatable bonds is 14. The lowest BCUT2D eigenvalue weighted by molar-refractivity contribution is -0.0937. The minimum Gasteiger partial charge on any atom is -0.496 e. The van der Waals surface area contributed by atoms with Gasteiger partial charge in [-0.2, -0.15) is 0 Å². The molecule has 0 unspecified atom stereocenters. The van der Waals surface area contributed by atoms with E-state index in [1.807, 2.05) is 126 Å². The normalized spacial score (nSPS) is 12.7. The summed E-state index contributed by atoms with van der Waals surface area (Å²) in [6.07, 6.45) is 0.419. The second-order valence-electron chi connectivity index (χ2n) is 18.2. The lowest BCUT2D eigenvalue weighted by Gasteiger charge is -2.46. The minimum absolute atomic E-state index is 0.0453. The lowest BCUT2D eigenvalue weighted by atomic mass is 9.65. The van der Waals surface area contributed by atoms with Crippen molar-refractivity contribution in [3.05, 3.63) is 115 Å². The predicted octanol–water partition coefficient (Wildman–Crippen LogP) is 12.0. The van der Waals surface area contributed by atoms with Crippen LogP contribution in [0.5, 0.6) is 23.0 Å². The molecule has 0 saturated carbocycles. The van der Waals surface area contributed by atoms with Crippen molar-refractivity contribution < 1.29 is 24.1 Å². The average molecular weight is 821 g/mol. The van der Waals surface area contributed by atoms with Crippen LogP contribution in [0.4, 0.5) is 0 Å². The van der Waals surface area contributed by atoms with Crippen LogP contribution in [0.1, 0.15) is 79.4 Å². The zero-order valence-electron chi connectivity index (χ0n) is 35.8. The highest BCUT2D eigenvalue weighted by Crippen LogP contribution is 2.45. The van der Waals surface area contributed by atoms with Gasteiger partial charge in [-0.25, -0.2) is 0 Å². The number of aryl methyl sites for hydroxylation is 2. The van der Waals surface area contributed by atoms with Crippen molar-refractivity contribution in [3.63, 3.8) is 0 Å². The van der Waals surface area contributed by atoms with E-state index in [0.717, 1.165) is 42.4 Å². The summed E-state index contributed by atoms with van der Waals surface area (Å²) in [6.45, 7) is 20.5. The zero-order chi connectivity index (χ0) is 42.4. The number of fused-ring (bicyclic) bond motifs is 2. The van der Waals surface area contributed by atoms with Crippen molar-refractivity contribution >= 4 is 42.8 Å². The van der Waals surface area contributed by atoms with Crippen molar-refractivity contribution in [2.45, 2.75) is 99.4 Å². The summed E-state index contributed by atoms with van der Waals surface area (Å²) in [5, 5.41) is 14.0. The Hall–Kier alpha value is -4.70. The molecule has 4 aromatic carbocycles. The molecule has 0 amide bonds. The Kier molecular flexibility index (Phi) is 11.9. The first-order valence-electron chi connectivity index (χ1n) is 19.6. The van der Waals surface area contributed by atoms with Crippen LogP contribution in [0.3, 0.4) is 0 Å². The Morgan fingerprint density at radius 2 is 0.914 bits per heavy atom. The standard InChI is InChI=1S/C49H56O7S2/c1-29-13-19-35(39(21-29)53-11)37-23-31-15-17-33(25-41(31)57-43(37)50)55-48(7,8)27-46(3,4)45(52)47(5,6)28-49(9,10)56-34-18-16-32-24-38(44(51)58-42(32)26-34)36-20-14-30(2)22-40(36)54-12/h13-26,45,52H,27-28H2,1-12H3. The quantitative estimate of drug-likeness (QED) is 0.117. The van der Waals surface area contributed by atoms with Crippen LogP contribution in [0.25, 0.3) is 42.4 Å². The van der Waals surface area contributed by atoms with E-state index < -0.39 is 28.1 Å². The fraction of sp³-hybridized carbons (Fsp3) is 0.388. The van der Waals surface area contributed by atoms with Crippen molar-refractivity contribution in [1.82, 2.24) is 0 Å². The van der Waals surface area contributed by atoms with Gasteiger partial charge in [0, 0.05) is 31.7 Å². The molecular formula is C49H56O7S2. The van der Waals surface area contributed by atoms with Gasteiger partial charge in [0.2, 0.25) is 9.48 Å². The Morgan fingerprint density at radius 3 is 1.28 bits per heavy atom. The maximum absolute atomic E-state index is 13.4. The van der Waals surface area contributed by atoms with E-state index in [1.54, 1.807) is 14.2 Å². The summed E-state index contributed by atoms with van der Waals surface area (Å²) in [7, 11) is 3.24. The fourth-order valence-electron chi connectivity index (χ4n) is 8.88. The molecule has 0 spiro atoms. The molecule has 0 aliphatic rings. The molecule has 0 radical (unpaired) electrons. The molecule has 2 heterocycles. The van der Waals surface area contributed by atoms with Crippen LogP contribution in [0.15, 0.2) is 94.5 Å². The summed E-state index contributed by atoms with van der Waals surface area (Å²) in [5.74, 6) is 2.68. The number of hydrogen-bond donors (Lipinski definition) is 1. The molecule has 9 heteroatoms. The smallest absolute Gasteiger partial charge is 0.240 e. The molecule has 0 bridgehead atoms. The third-order valence-electron chi connectivity index (χ3n) is 10.7. The highest BCUT2D eigenvalue weighted by atomic mass is 32.1. The van der Waals surface area contributed by atoms with Crippen LogP contribution < -0.4 is 28.4 Å². The third-order valence-corrected chi connectivity index (χ3v) is 12.7. The van der Waals surface area contributed by atoms with E-state index in [0.29, 0.717) is 47.0 Å².